The molecule has 2 N–H and O–H groups in total. The fraction of sp³-hybridized carbons (Fsp3) is 0.833. The molecule has 0 atom stereocenters. The first kappa shape index (κ1) is 13.3. The van der Waals surface area contributed by atoms with Gasteiger partial charge in [0.2, 0.25) is 0 Å². The van der Waals surface area contributed by atoms with Crippen LogP contribution in [0.2, 0.25) is 0 Å². The third-order valence-corrected chi connectivity index (χ3v) is 1.11. The topological polar surface area (TPSA) is 35.2 Å². The minimum atomic E-state index is 0. The Labute approximate surface area is 89.8 Å². The third kappa shape index (κ3) is 11.5. The quantitative estimate of drug-likeness (QED) is 0.386. The van der Waals surface area contributed by atoms with Crippen LogP contribution in [0.3, 0.4) is 0 Å². The number of hydrogen-bond donors (Lipinski definition) is 1. The van der Waals surface area contributed by atoms with Crippen LogP contribution in [-0.2, 0) is 4.74 Å². The van der Waals surface area contributed by atoms with Crippen molar-refractivity contribution >= 4 is 46.9 Å². The van der Waals surface area contributed by atoms with Crippen molar-refractivity contribution < 1.29 is 4.74 Å². The van der Waals surface area contributed by atoms with Crippen LogP contribution in [0, 0.1) is 0 Å². The van der Waals surface area contributed by atoms with Crippen LogP contribution in [0.15, 0.2) is 0 Å². The van der Waals surface area contributed by atoms with Crippen LogP contribution in [-0.4, -0.2) is 41.3 Å². The van der Waals surface area contributed by atoms with Gasteiger partial charge in [0, 0.05) is 0 Å². The zero-order valence-electron chi connectivity index (χ0n) is 5.72. The fourth-order valence-corrected chi connectivity index (χ4v) is 0.608. The van der Waals surface area contributed by atoms with Crippen LogP contribution >= 0.6 is 12.2 Å². The van der Waals surface area contributed by atoms with Gasteiger partial charge in [0.05, 0.1) is 6.61 Å². The molecule has 0 aliphatic rings. The van der Waals surface area contributed by atoms with Crippen molar-refractivity contribution in [2.75, 3.05) is 6.61 Å². The Bertz CT molecular complexity index is 89.8. The molecule has 0 aliphatic heterocycles. The molecule has 0 bridgehead atoms. The molecule has 10 heavy (non-hydrogen) atoms. The van der Waals surface area contributed by atoms with Crippen molar-refractivity contribution in [3.63, 3.8) is 0 Å². The van der Waals surface area contributed by atoms with Crippen LogP contribution < -0.4 is 5.73 Å². The summed E-state index contributed by atoms with van der Waals surface area (Å²) in [4.78, 5) is 0. The van der Waals surface area contributed by atoms with Crippen molar-refractivity contribution in [2.24, 2.45) is 5.73 Å². The summed E-state index contributed by atoms with van der Waals surface area (Å²) in [6.45, 7) is 2.81. The molecular weight excluding hydrogens is 157 g/mol. The van der Waals surface area contributed by atoms with Gasteiger partial charge < -0.3 is 10.5 Å². The molecule has 0 rings (SSSR count). The molecule has 0 spiro atoms. The van der Waals surface area contributed by atoms with Gasteiger partial charge in [-0.05, 0) is 18.6 Å². The summed E-state index contributed by atoms with van der Waals surface area (Å²) in [5.41, 5.74) is 5.08. The Balaban J connectivity index is 0. The summed E-state index contributed by atoms with van der Waals surface area (Å²) in [6, 6.07) is 0. The Morgan fingerprint density at radius 1 is 1.50 bits per heavy atom. The molecule has 56 valence electrons. The Morgan fingerprint density at radius 2 is 2.10 bits per heavy atom. The van der Waals surface area contributed by atoms with Gasteiger partial charge in [-0.1, -0.05) is 19.8 Å². The number of rotatable bonds is 4. The number of thiocarbonyl (C=S) groups is 1. The standard InChI is InChI=1S/C6H13NOS.Na.H/c1-2-3-4-5-8-6(7)9;;/h2-5H2,1H3,(H2,7,9);;. The van der Waals surface area contributed by atoms with Gasteiger partial charge in [-0.3, -0.25) is 0 Å². The normalized spacial score (nSPS) is 8.10. The molecule has 0 aliphatic carbocycles. The van der Waals surface area contributed by atoms with Crippen LogP contribution in [0.5, 0.6) is 0 Å². The second kappa shape index (κ2) is 9.69. The van der Waals surface area contributed by atoms with E-state index in [2.05, 4.69) is 19.1 Å². The Kier molecular flexibility index (Phi) is 12.9. The molecule has 4 heteroatoms. The maximum atomic E-state index is 5.08. The van der Waals surface area contributed by atoms with Crippen molar-refractivity contribution in [3.8, 4) is 0 Å². The first-order chi connectivity index (χ1) is 4.27. The number of hydrogen-bond acceptors (Lipinski definition) is 2. The van der Waals surface area contributed by atoms with E-state index >= 15 is 0 Å². The first-order valence-electron chi connectivity index (χ1n) is 3.19. The molecule has 0 unspecified atom stereocenters. The van der Waals surface area contributed by atoms with Gasteiger partial charge in [-0.15, -0.1) is 0 Å². The van der Waals surface area contributed by atoms with Gasteiger partial charge >= 0.3 is 29.6 Å². The van der Waals surface area contributed by atoms with E-state index in [0.29, 0.717) is 6.61 Å². The monoisotopic (exact) mass is 171 g/mol. The van der Waals surface area contributed by atoms with E-state index in [1.165, 1.54) is 12.8 Å². The summed E-state index contributed by atoms with van der Waals surface area (Å²) >= 11 is 4.50. The fourth-order valence-electron chi connectivity index (χ4n) is 0.525. The van der Waals surface area contributed by atoms with Gasteiger partial charge in [-0.2, -0.15) is 0 Å². The van der Waals surface area contributed by atoms with Gasteiger partial charge in [0.15, 0.2) is 0 Å². The van der Waals surface area contributed by atoms with Crippen LogP contribution in [0.1, 0.15) is 26.2 Å². The predicted octanol–water partition coefficient (Wildman–Crippen LogP) is 0.788. The molecule has 0 heterocycles. The van der Waals surface area contributed by atoms with Gasteiger partial charge in [0.25, 0.3) is 5.17 Å². The van der Waals surface area contributed by atoms with Gasteiger partial charge in [-0.25, -0.2) is 0 Å². The molecule has 0 aromatic heterocycles. The summed E-state index contributed by atoms with van der Waals surface area (Å²) in [7, 11) is 0. The molecule has 2 nitrogen and oxygen atoms in total. The van der Waals surface area contributed by atoms with E-state index < -0.39 is 0 Å². The molecule has 0 aromatic carbocycles. The van der Waals surface area contributed by atoms with Crippen molar-refractivity contribution in [1.82, 2.24) is 0 Å². The SMILES string of the molecule is CCCCCOC(N)=S.[NaH]. The predicted molar refractivity (Wildman–Crippen MR) is 49.4 cm³/mol. The first-order valence-corrected chi connectivity index (χ1v) is 3.60. The van der Waals surface area contributed by atoms with Crippen molar-refractivity contribution in [3.05, 3.63) is 0 Å². The number of unbranched alkanes of at least 4 members (excludes halogenated alkanes) is 2. The summed E-state index contributed by atoms with van der Waals surface area (Å²) in [6.07, 6.45) is 3.43. The summed E-state index contributed by atoms with van der Waals surface area (Å²) < 4.78 is 4.85. The average molecular weight is 171 g/mol. The number of ether oxygens (including phenoxy) is 1. The molecule has 0 aromatic rings. The van der Waals surface area contributed by atoms with Crippen LogP contribution in [0.4, 0.5) is 0 Å². The summed E-state index contributed by atoms with van der Waals surface area (Å²) in [5, 5.41) is 0.158. The zero-order chi connectivity index (χ0) is 7.11. The molecule has 0 fully saturated rings. The van der Waals surface area contributed by atoms with E-state index in [4.69, 9.17) is 10.5 Å². The maximum absolute atomic E-state index is 5.08. The van der Waals surface area contributed by atoms with E-state index in [0.717, 1.165) is 6.42 Å². The zero-order valence-corrected chi connectivity index (χ0v) is 6.54. The van der Waals surface area contributed by atoms with Crippen molar-refractivity contribution in [2.45, 2.75) is 26.2 Å². The number of nitrogens with two attached hydrogens (primary N) is 1. The average Bonchev–Trinajstić information content (AvgIpc) is 1.80. The van der Waals surface area contributed by atoms with E-state index in [1.54, 1.807) is 0 Å². The third-order valence-electron chi connectivity index (χ3n) is 0.992. The van der Waals surface area contributed by atoms with Crippen molar-refractivity contribution in [1.29, 1.82) is 0 Å². The van der Waals surface area contributed by atoms with E-state index in [9.17, 15) is 0 Å². The summed E-state index contributed by atoms with van der Waals surface area (Å²) in [5.74, 6) is 0. The van der Waals surface area contributed by atoms with E-state index in [-0.39, 0.29) is 34.7 Å². The Morgan fingerprint density at radius 3 is 2.50 bits per heavy atom. The molecular formula is C6H14NNaOS. The molecule has 0 saturated heterocycles. The van der Waals surface area contributed by atoms with E-state index in [1.807, 2.05) is 0 Å². The van der Waals surface area contributed by atoms with Crippen LogP contribution in [0.25, 0.3) is 0 Å². The second-order valence-corrected chi connectivity index (χ2v) is 2.28. The Hall–Kier alpha value is 0.690. The second-order valence-electron chi connectivity index (χ2n) is 1.87. The minimum absolute atomic E-state index is 0. The molecule has 0 amide bonds. The van der Waals surface area contributed by atoms with Gasteiger partial charge in [0.1, 0.15) is 0 Å². The molecule has 0 radical (unpaired) electrons. The molecule has 0 saturated carbocycles.